The molecule has 2 atom stereocenters. The van der Waals surface area contributed by atoms with Crippen LogP contribution in [0.5, 0.6) is 0 Å². The Labute approximate surface area is 176 Å². The monoisotopic (exact) mass is 415 g/mol. The maximum atomic E-state index is 9.44. The maximum Gasteiger partial charge on any atom is 0.157 e. The molecule has 0 bridgehead atoms. The summed E-state index contributed by atoms with van der Waals surface area (Å²) >= 11 is 1.36. The van der Waals surface area contributed by atoms with Crippen LogP contribution in [-0.2, 0) is 0 Å². The normalized spacial score (nSPS) is 17.1. The summed E-state index contributed by atoms with van der Waals surface area (Å²) in [4.78, 5) is 18.9. The number of rotatable bonds is 5. The smallest absolute Gasteiger partial charge is 0.157 e. The van der Waals surface area contributed by atoms with E-state index in [4.69, 9.17) is 0 Å². The van der Waals surface area contributed by atoms with E-state index in [2.05, 4.69) is 42.1 Å². The lowest BCUT2D eigenvalue weighted by atomic mass is 9.96. The largest absolute Gasteiger partial charge is 0.354 e. The molecule has 10 heteroatoms. The van der Waals surface area contributed by atoms with Crippen LogP contribution >= 0.6 is 11.3 Å². The molecule has 30 heavy (non-hydrogen) atoms. The number of fused-ring (bicyclic) bond motifs is 1. The minimum Gasteiger partial charge on any atom is -0.354 e. The Morgan fingerprint density at radius 1 is 1.30 bits per heavy atom. The third-order valence-corrected chi connectivity index (χ3v) is 6.31. The molecule has 4 aromatic heterocycles. The number of thiazole rings is 1. The van der Waals surface area contributed by atoms with Gasteiger partial charge in [-0.15, -0.1) is 11.3 Å². The van der Waals surface area contributed by atoms with Crippen LogP contribution in [0.3, 0.4) is 0 Å². The number of aromatic nitrogens is 6. The van der Waals surface area contributed by atoms with Crippen molar-refractivity contribution in [1.82, 2.24) is 29.7 Å². The highest BCUT2D eigenvalue weighted by Gasteiger charge is 2.33. The zero-order valence-corrected chi connectivity index (χ0v) is 16.7. The van der Waals surface area contributed by atoms with Crippen LogP contribution in [0, 0.1) is 28.6 Å². The zero-order valence-electron chi connectivity index (χ0n) is 15.9. The van der Waals surface area contributed by atoms with Crippen LogP contribution in [0.2, 0.25) is 0 Å². The molecule has 0 aliphatic carbocycles. The predicted octanol–water partition coefficient (Wildman–Crippen LogP) is 3.13. The van der Waals surface area contributed by atoms with Gasteiger partial charge in [0.15, 0.2) is 5.82 Å². The molecule has 1 fully saturated rings. The quantitative estimate of drug-likeness (QED) is 0.531. The van der Waals surface area contributed by atoms with Gasteiger partial charge in [0.05, 0.1) is 35.9 Å². The standard InChI is InChI=1S/C20H17N9S/c21-4-1-16(13-3-6-28(9-13)20-17(7-22)30-12-26-20)29-10-14(8-27-29)18-15-2-5-23-19(15)25-11-24-18/h2,5,8,10-13,16H,1,3,6,9H2,(H,23,24,25)/t13?,16-/m0/s1. The van der Waals surface area contributed by atoms with Crippen molar-refractivity contribution in [3.05, 3.63) is 41.4 Å². The van der Waals surface area contributed by atoms with Gasteiger partial charge in [-0.3, -0.25) is 4.68 Å². The molecule has 5 rings (SSSR count). The summed E-state index contributed by atoms with van der Waals surface area (Å²) in [6.45, 7) is 1.56. The van der Waals surface area contributed by atoms with Crippen molar-refractivity contribution in [1.29, 1.82) is 10.5 Å². The molecule has 9 nitrogen and oxygen atoms in total. The van der Waals surface area contributed by atoms with E-state index in [0.717, 1.165) is 47.6 Å². The molecule has 1 unspecified atom stereocenters. The third kappa shape index (κ3) is 3.08. The molecule has 0 spiro atoms. The first kappa shape index (κ1) is 18.3. The summed E-state index contributed by atoms with van der Waals surface area (Å²) in [5.74, 6) is 0.987. The number of nitriles is 2. The number of nitrogens with one attached hydrogen (secondary N) is 1. The topological polar surface area (TPSA) is 123 Å². The Kier molecular flexibility index (Phi) is 4.62. The Hall–Kier alpha value is -3.76. The van der Waals surface area contributed by atoms with E-state index >= 15 is 0 Å². The number of anilines is 1. The van der Waals surface area contributed by atoms with Crippen LogP contribution in [-0.4, -0.2) is 42.8 Å². The molecular formula is C20H17N9S. The highest BCUT2D eigenvalue weighted by molar-refractivity contribution is 7.10. The molecule has 1 N–H and O–H groups in total. The SMILES string of the molecule is N#CC[C@@H](C1CCN(c2ncsc2C#N)C1)n1cc(-c2ncnc3[nH]ccc23)cn1. The Balaban J connectivity index is 1.42. The van der Waals surface area contributed by atoms with Crippen molar-refractivity contribution in [2.45, 2.75) is 18.9 Å². The Morgan fingerprint density at radius 2 is 2.23 bits per heavy atom. The van der Waals surface area contributed by atoms with E-state index in [0.29, 0.717) is 11.3 Å². The van der Waals surface area contributed by atoms with Crippen LogP contribution in [0.4, 0.5) is 5.82 Å². The zero-order chi connectivity index (χ0) is 20.5. The highest BCUT2D eigenvalue weighted by Crippen LogP contribution is 2.35. The van der Waals surface area contributed by atoms with Gasteiger partial charge in [-0.2, -0.15) is 15.6 Å². The van der Waals surface area contributed by atoms with Gasteiger partial charge in [-0.05, 0) is 12.5 Å². The van der Waals surface area contributed by atoms with Gasteiger partial charge < -0.3 is 9.88 Å². The van der Waals surface area contributed by atoms with E-state index in [1.54, 1.807) is 11.7 Å². The molecule has 0 amide bonds. The third-order valence-electron chi connectivity index (χ3n) is 5.59. The number of aromatic amines is 1. The first-order valence-electron chi connectivity index (χ1n) is 9.56. The molecule has 1 saturated heterocycles. The summed E-state index contributed by atoms with van der Waals surface area (Å²) in [7, 11) is 0. The fourth-order valence-corrected chi connectivity index (χ4v) is 4.75. The fourth-order valence-electron chi connectivity index (χ4n) is 4.15. The van der Waals surface area contributed by atoms with Crippen molar-refractivity contribution in [3.63, 3.8) is 0 Å². The molecular weight excluding hydrogens is 398 g/mol. The van der Waals surface area contributed by atoms with E-state index in [1.165, 1.54) is 17.7 Å². The van der Waals surface area contributed by atoms with Crippen molar-refractivity contribution >= 4 is 28.2 Å². The van der Waals surface area contributed by atoms with Crippen molar-refractivity contribution in [3.8, 4) is 23.4 Å². The summed E-state index contributed by atoms with van der Waals surface area (Å²) in [5.41, 5.74) is 4.20. The Bertz CT molecular complexity index is 1270. The Morgan fingerprint density at radius 3 is 3.10 bits per heavy atom. The number of hydrogen-bond acceptors (Lipinski definition) is 8. The lowest BCUT2D eigenvalue weighted by Gasteiger charge is -2.22. The van der Waals surface area contributed by atoms with Crippen molar-refractivity contribution < 1.29 is 0 Å². The summed E-state index contributed by atoms with van der Waals surface area (Å²) < 4.78 is 1.89. The van der Waals surface area contributed by atoms with E-state index in [9.17, 15) is 10.5 Å². The minimum atomic E-state index is -0.0542. The maximum absolute atomic E-state index is 9.44. The predicted molar refractivity (Wildman–Crippen MR) is 112 cm³/mol. The molecule has 0 saturated carbocycles. The van der Waals surface area contributed by atoms with Gasteiger partial charge in [0.2, 0.25) is 0 Å². The first-order valence-corrected chi connectivity index (χ1v) is 10.4. The molecule has 148 valence electrons. The second-order valence-electron chi connectivity index (χ2n) is 7.21. The van der Waals surface area contributed by atoms with Gasteiger partial charge in [0.25, 0.3) is 0 Å². The van der Waals surface area contributed by atoms with Crippen molar-refractivity contribution in [2.75, 3.05) is 18.0 Å². The second-order valence-corrected chi connectivity index (χ2v) is 8.07. The second kappa shape index (κ2) is 7.58. The molecule has 0 aromatic carbocycles. The lowest BCUT2D eigenvalue weighted by Crippen LogP contribution is -2.25. The van der Waals surface area contributed by atoms with E-state index in [-0.39, 0.29) is 12.0 Å². The van der Waals surface area contributed by atoms with Gasteiger partial charge in [0.1, 0.15) is 22.9 Å². The molecule has 1 aliphatic heterocycles. The van der Waals surface area contributed by atoms with Crippen LogP contribution in [0.15, 0.2) is 36.5 Å². The summed E-state index contributed by atoms with van der Waals surface area (Å²) in [6.07, 6.45) is 8.41. The molecule has 5 heterocycles. The number of nitrogens with zero attached hydrogens (tertiary/aromatic N) is 8. The van der Waals surface area contributed by atoms with Crippen LogP contribution < -0.4 is 4.90 Å². The molecule has 1 aliphatic rings. The van der Waals surface area contributed by atoms with Gasteiger partial charge in [0, 0.05) is 42.4 Å². The molecule has 0 radical (unpaired) electrons. The van der Waals surface area contributed by atoms with E-state index in [1.807, 2.05) is 23.1 Å². The van der Waals surface area contributed by atoms with Gasteiger partial charge in [-0.1, -0.05) is 0 Å². The van der Waals surface area contributed by atoms with E-state index < -0.39 is 0 Å². The number of H-pyrrole nitrogens is 1. The van der Waals surface area contributed by atoms with Crippen LogP contribution in [0.25, 0.3) is 22.3 Å². The summed E-state index contributed by atoms with van der Waals surface area (Å²) in [6, 6.07) is 6.43. The summed E-state index contributed by atoms with van der Waals surface area (Å²) in [5, 5.41) is 24.3. The highest BCUT2D eigenvalue weighted by atomic mass is 32.1. The average molecular weight is 415 g/mol. The van der Waals surface area contributed by atoms with Crippen molar-refractivity contribution in [2.24, 2.45) is 5.92 Å². The van der Waals surface area contributed by atoms with Gasteiger partial charge >= 0.3 is 0 Å². The fraction of sp³-hybridized carbons (Fsp3) is 0.300. The number of hydrogen-bond donors (Lipinski definition) is 1. The van der Waals surface area contributed by atoms with Gasteiger partial charge in [-0.25, -0.2) is 15.0 Å². The first-order chi connectivity index (χ1) is 14.8. The lowest BCUT2D eigenvalue weighted by molar-refractivity contribution is 0.332. The molecule has 4 aromatic rings. The minimum absolute atomic E-state index is 0.0542. The average Bonchev–Trinajstić information content (AvgIpc) is 3.56. The van der Waals surface area contributed by atoms with Crippen LogP contribution in [0.1, 0.15) is 23.8 Å².